The van der Waals surface area contributed by atoms with Crippen LogP contribution in [0.4, 0.5) is 0 Å². The molecule has 0 fully saturated rings. The SMILES string of the molecule is CC[B]n1ccnc1. The molecule has 41 valence electrons. The van der Waals surface area contributed by atoms with Gasteiger partial charge in [0.15, 0.2) is 0 Å². The predicted molar refractivity (Wildman–Crippen MR) is 33.9 cm³/mol. The van der Waals surface area contributed by atoms with Gasteiger partial charge < -0.3 is 4.48 Å². The van der Waals surface area contributed by atoms with Gasteiger partial charge in [-0.15, -0.1) is 0 Å². The van der Waals surface area contributed by atoms with E-state index < -0.39 is 0 Å². The summed E-state index contributed by atoms with van der Waals surface area (Å²) < 4.78 is 1.94. The first kappa shape index (κ1) is 5.41. The molecule has 0 aromatic carbocycles. The lowest BCUT2D eigenvalue weighted by molar-refractivity contribution is 1.16. The molecule has 1 rings (SSSR count). The third-order valence-corrected chi connectivity index (χ3v) is 0.918. The Hall–Kier alpha value is -0.725. The van der Waals surface area contributed by atoms with E-state index in [1.165, 1.54) is 0 Å². The van der Waals surface area contributed by atoms with Crippen LogP contribution in [0.1, 0.15) is 6.92 Å². The summed E-state index contributed by atoms with van der Waals surface area (Å²) in [6.07, 6.45) is 6.52. The highest BCUT2D eigenvalue weighted by atomic mass is 14.9. The summed E-state index contributed by atoms with van der Waals surface area (Å²) in [7, 11) is 2.06. The van der Waals surface area contributed by atoms with Gasteiger partial charge in [-0.25, -0.2) is 4.98 Å². The summed E-state index contributed by atoms with van der Waals surface area (Å²) in [6, 6.07) is 0. The van der Waals surface area contributed by atoms with Crippen molar-refractivity contribution in [2.24, 2.45) is 0 Å². The first-order valence-electron chi connectivity index (χ1n) is 2.74. The highest BCUT2D eigenvalue weighted by molar-refractivity contribution is 6.33. The third-order valence-electron chi connectivity index (χ3n) is 0.918. The quantitative estimate of drug-likeness (QED) is 0.510. The molecule has 0 atom stereocenters. The smallest absolute Gasteiger partial charge is 0.253 e. The van der Waals surface area contributed by atoms with Gasteiger partial charge in [-0.2, -0.15) is 0 Å². The Bertz CT molecular complexity index is 136. The zero-order valence-corrected chi connectivity index (χ0v) is 4.91. The van der Waals surface area contributed by atoms with Crippen LogP contribution in [0, 0.1) is 0 Å². The zero-order chi connectivity index (χ0) is 5.82. The van der Waals surface area contributed by atoms with Crippen LogP contribution in [0.25, 0.3) is 0 Å². The highest BCUT2D eigenvalue weighted by Crippen LogP contribution is 1.82. The third kappa shape index (κ3) is 1.12. The summed E-state index contributed by atoms with van der Waals surface area (Å²) >= 11 is 0. The van der Waals surface area contributed by atoms with Crippen molar-refractivity contribution in [1.29, 1.82) is 0 Å². The maximum atomic E-state index is 3.87. The monoisotopic (exact) mass is 107 g/mol. The largest absolute Gasteiger partial charge is 0.387 e. The van der Waals surface area contributed by atoms with Crippen LogP contribution >= 0.6 is 0 Å². The lowest BCUT2D eigenvalue weighted by atomic mass is 9.91. The molecule has 1 heterocycles. The molecule has 0 unspecified atom stereocenters. The van der Waals surface area contributed by atoms with Crippen LogP contribution in [-0.4, -0.2) is 16.9 Å². The molecule has 0 saturated heterocycles. The summed E-state index contributed by atoms with van der Waals surface area (Å²) in [4.78, 5) is 3.87. The first-order valence-corrected chi connectivity index (χ1v) is 2.74. The van der Waals surface area contributed by atoms with Gasteiger partial charge in [-0.3, -0.25) is 0 Å². The molecule has 0 bridgehead atoms. The minimum atomic E-state index is 1.05. The molecule has 0 aliphatic rings. The van der Waals surface area contributed by atoms with Gasteiger partial charge in [0.05, 0.1) is 6.33 Å². The van der Waals surface area contributed by atoms with Crippen LogP contribution in [0.5, 0.6) is 0 Å². The van der Waals surface area contributed by atoms with Gasteiger partial charge >= 0.3 is 0 Å². The Morgan fingerprint density at radius 3 is 3.12 bits per heavy atom. The maximum absolute atomic E-state index is 3.87. The molecule has 1 aromatic rings. The molecule has 2 nitrogen and oxygen atoms in total. The lowest BCUT2D eigenvalue weighted by Crippen LogP contribution is -1.99. The highest BCUT2D eigenvalue weighted by Gasteiger charge is 1.85. The Morgan fingerprint density at radius 1 is 1.75 bits per heavy atom. The fraction of sp³-hybridized carbons (Fsp3) is 0.400. The predicted octanol–water partition coefficient (Wildman–Crippen LogP) is 0.789. The topological polar surface area (TPSA) is 17.8 Å². The molecule has 3 heteroatoms. The molecule has 0 aliphatic heterocycles. The number of rotatable bonds is 2. The van der Waals surface area contributed by atoms with E-state index in [2.05, 4.69) is 19.3 Å². The van der Waals surface area contributed by atoms with Crippen molar-refractivity contribution in [3.8, 4) is 0 Å². The minimum Gasteiger partial charge on any atom is -0.387 e. The van der Waals surface area contributed by atoms with Crippen molar-refractivity contribution < 1.29 is 0 Å². The van der Waals surface area contributed by atoms with E-state index in [0.717, 1.165) is 6.32 Å². The van der Waals surface area contributed by atoms with Crippen LogP contribution in [0.2, 0.25) is 6.32 Å². The van der Waals surface area contributed by atoms with Crippen molar-refractivity contribution in [3.05, 3.63) is 18.7 Å². The number of nitrogens with zero attached hydrogens (tertiary/aromatic N) is 2. The average Bonchev–Trinajstić information content (AvgIpc) is 2.19. The van der Waals surface area contributed by atoms with E-state index >= 15 is 0 Å². The normalized spacial score (nSPS) is 9.12. The number of hydrogen-bond donors (Lipinski definition) is 0. The Labute approximate surface area is 49.8 Å². The number of hydrogen-bond acceptors (Lipinski definition) is 1. The van der Waals surface area contributed by atoms with E-state index in [9.17, 15) is 0 Å². The van der Waals surface area contributed by atoms with Gasteiger partial charge in [0.2, 0.25) is 0 Å². The van der Waals surface area contributed by atoms with Crippen LogP contribution in [-0.2, 0) is 0 Å². The van der Waals surface area contributed by atoms with E-state index in [1.807, 2.05) is 10.7 Å². The molecular weight excluding hydrogens is 98.9 g/mol. The van der Waals surface area contributed by atoms with E-state index in [-0.39, 0.29) is 0 Å². The second-order valence-electron chi connectivity index (χ2n) is 1.60. The minimum absolute atomic E-state index is 1.05. The summed E-state index contributed by atoms with van der Waals surface area (Å²) in [5.74, 6) is 0. The van der Waals surface area contributed by atoms with Crippen molar-refractivity contribution in [2.75, 3.05) is 0 Å². The molecule has 1 radical (unpaired) electrons. The van der Waals surface area contributed by atoms with Gasteiger partial charge in [-0.05, 0) is 0 Å². The molecular formula is C5H8BN2. The van der Waals surface area contributed by atoms with Gasteiger partial charge in [-0.1, -0.05) is 13.2 Å². The molecule has 0 amide bonds. The maximum Gasteiger partial charge on any atom is 0.253 e. The summed E-state index contributed by atoms with van der Waals surface area (Å²) in [5, 5.41) is 0. The Balaban J connectivity index is 2.50. The van der Waals surface area contributed by atoms with E-state index in [4.69, 9.17) is 0 Å². The number of aromatic nitrogens is 2. The second kappa shape index (κ2) is 2.55. The van der Waals surface area contributed by atoms with Gasteiger partial charge in [0.1, 0.15) is 0 Å². The summed E-state index contributed by atoms with van der Waals surface area (Å²) in [5.41, 5.74) is 0. The van der Waals surface area contributed by atoms with Gasteiger partial charge in [0.25, 0.3) is 7.41 Å². The van der Waals surface area contributed by atoms with E-state index in [1.54, 1.807) is 12.5 Å². The fourth-order valence-electron chi connectivity index (χ4n) is 0.588. The summed E-state index contributed by atoms with van der Waals surface area (Å²) in [6.45, 7) is 2.10. The van der Waals surface area contributed by atoms with Crippen LogP contribution < -0.4 is 0 Å². The Kier molecular flexibility index (Phi) is 1.73. The molecule has 8 heavy (non-hydrogen) atoms. The lowest BCUT2D eigenvalue weighted by Gasteiger charge is -1.90. The van der Waals surface area contributed by atoms with Crippen LogP contribution in [0.3, 0.4) is 0 Å². The van der Waals surface area contributed by atoms with Crippen molar-refractivity contribution in [2.45, 2.75) is 13.2 Å². The van der Waals surface area contributed by atoms with Crippen molar-refractivity contribution in [3.63, 3.8) is 0 Å². The number of imidazole rings is 1. The Morgan fingerprint density at radius 2 is 2.62 bits per heavy atom. The first-order chi connectivity index (χ1) is 3.93. The van der Waals surface area contributed by atoms with Crippen molar-refractivity contribution >= 4 is 7.41 Å². The standard InChI is InChI=1S/C5H8BN2/c1-2-6-8-4-3-7-5-8/h3-5H,2H2,1H3. The molecule has 1 aromatic heterocycles. The zero-order valence-electron chi connectivity index (χ0n) is 4.91. The van der Waals surface area contributed by atoms with Gasteiger partial charge in [0, 0.05) is 12.4 Å². The van der Waals surface area contributed by atoms with Crippen LogP contribution in [0.15, 0.2) is 18.7 Å². The molecule has 0 N–H and O–H groups in total. The van der Waals surface area contributed by atoms with Crippen molar-refractivity contribution in [1.82, 2.24) is 9.46 Å². The second-order valence-corrected chi connectivity index (χ2v) is 1.60. The fourth-order valence-corrected chi connectivity index (χ4v) is 0.588. The molecule has 0 spiro atoms. The molecule has 0 saturated carbocycles. The van der Waals surface area contributed by atoms with E-state index in [0.29, 0.717) is 0 Å². The molecule has 0 aliphatic carbocycles. The average molecular weight is 107 g/mol.